The lowest BCUT2D eigenvalue weighted by molar-refractivity contribution is 1.07. The quantitative estimate of drug-likeness (QED) is 0.177. The Morgan fingerprint density at radius 2 is 0.958 bits per heavy atom. The van der Waals surface area contributed by atoms with Crippen LogP contribution < -0.4 is 20.7 Å². The van der Waals surface area contributed by atoms with Gasteiger partial charge in [-0.15, -0.1) is 0 Å². The van der Waals surface area contributed by atoms with E-state index in [0.717, 1.165) is 22.3 Å². The highest BCUT2D eigenvalue weighted by atomic mass is 35.5. The van der Waals surface area contributed by atoms with Crippen LogP contribution in [0, 0.1) is 0 Å². The Hall–Kier alpha value is -5.68. The molecule has 0 bridgehead atoms. The SMILES string of the molecule is Clc1nc(-c2cccc(-c3cccc4ccccc34)c2)nc(-c2ccc3c(c2)[Si](c2ccccc2)(c2ccccc2)c2ccccc2-3)n1. The van der Waals surface area contributed by atoms with E-state index in [4.69, 9.17) is 16.6 Å². The van der Waals surface area contributed by atoms with Crippen molar-refractivity contribution in [3.05, 3.63) is 175 Å². The van der Waals surface area contributed by atoms with Crippen molar-refractivity contribution in [2.75, 3.05) is 0 Å². The van der Waals surface area contributed by atoms with E-state index in [-0.39, 0.29) is 5.28 Å². The van der Waals surface area contributed by atoms with Crippen molar-refractivity contribution in [3.8, 4) is 45.0 Å². The smallest absolute Gasteiger partial charge is 0.208 e. The first-order valence-electron chi connectivity index (χ1n) is 16.1. The number of rotatable bonds is 5. The van der Waals surface area contributed by atoms with Gasteiger partial charge in [0.15, 0.2) is 19.7 Å². The summed E-state index contributed by atoms with van der Waals surface area (Å²) in [5.74, 6) is 1.11. The van der Waals surface area contributed by atoms with Crippen molar-refractivity contribution in [3.63, 3.8) is 0 Å². The molecule has 226 valence electrons. The monoisotopic (exact) mass is 649 g/mol. The molecular formula is C43H28ClN3Si. The van der Waals surface area contributed by atoms with Crippen LogP contribution in [0.1, 0.15) is 0 Å². The molecule has 0 amide bonds. The van der Waals surface area contributed by atoms with Crippen LogP contribution in [0.2, 0.25) is 5.28 Å². The molecule has 1 aliphatic heterocycles. The van der Waals surface area contributed by atoms with Crippen LogP contribution in [-0.4, -0.2) is 23.0 Å². The van der Waals surface area contributed by atoms with Gasteiger partial charge in [-0.25, -0.2) is 4.98 Å². The first kappa shape index (κ1) is 28.5. The van der Waals surface area contributed by atoms with Gasteiger partial charge in [-0.2, -0.15) is 9.97 Å². The maximum atomic E-state index is 6.67. The molecule has 0 saturated heterocycles. The Morgan fingerprint density at radius 1 is 0.396 bits per heavy atom. The normalized spacial score (nSPS) is 12.9. The molecule has 0 fully saturated rings. The van der Waals surface area contributed by atoms with Gasteiger partial charge < -0.3 is 0 Å². The van der Waals surface area contributed by atoms with Crippen LogP contribution in [0.3, 0.4) is 0 Å². The van der Waals surface area contributed by atoms with Crippen molar-refractivity contribution in [1.29, 1.82) is 0 Å². The second-order valence-electron chi connectivity index (χ2n) is 12.1. The van der Waals surface area contributed by atoms with E-state index >= 15 is 0 Å². The summed E-state index contributed by atoms with van der Waals surface area (Å²) < 4.78 is 0. The fourth-order valence-electron chi connectivity index (χ4n) is 7.49. The third-order valence-electron chi connectivity index (χ3n) is 9.55. The lowest BCUT2D eigenvalue weighted by Crippen LogP contribution is -2.72. The predicted octanol–water partition coefficient (Wildman–Crippen LogP) is 8.04. The molecule has 2 heterocycles. The number of nitrogens with zero attached hydrogens (tertiary/aromatic N) is 3. The minimum atomic E-state index is -2.65. The largest absolute Gasteiger partial charge is 0.226 e. The van der Waals surface area contributed by atoms with Crippen molar-refractivity contribution in [2.24, 2.45) is 0 Å². The number of hydrogen-bond donors (Lipinski definition) is 0. The predicted molar refractivity (Wildman–Crippen MR) is 201 cm³/mol. The summed E-state index contributed by atoms with van der Waals surface area (Å²) in [7, 11) is -2.65. The van der Waals surface area contributed by atoms with Gasteiger partial charge >= 0.3 is 0 Å². The maximum absolute atomic E-state index is 6.67. The highest BCUT2D eigenvalue weighted by molar-refractivity contribution is 7.22. The number of fused-ring (bicyclic) bond motifs is 4. The summed E-state index contributed by atoms with van der Waals surface area (Å²) in [6.07, 6.45) is 0. The van der Waals surface area contributed by atoms with E-state index in [9.17, 15) is 0 Å². The number of benzene rings is 7. The van der Waals surface area contributed by atoms with Crippen LogP contribution in [0.15, 0.2) is 170 Å². The van der Waals surface area contributed by atoms with E-state index in [2.05, 4.69) is 174 Å². The van der Waals surface area contributed by atoms with Crippen LogP contribution in [0.25, 0.3) is 55.8 Å². The van der Waals surface area contributed by atoms with E-state index < -0.39 is 8.07 Å². The van der Waals surface area contributed by atoms with Crippen LogP contribution in [-0.2, 0) is 0 Å². The molecule has 8 aromatic rings. The Bertz CT molecular complexity index is 2440. The van der Waals surface area contributed by atoms with Gasteiger partial charge in [0.1, 0.15) is 0 Å². The van der Waals surface area contributed by atoms with Crippen LogP contribution in [0.4, 0.5) is 0 Å². The first-order valence-corrected chi connectivity index (χ1v) is 18.4. The highest BCUT2D eigenvalue weighted by Crippen LogP contribution is 2.33. The Morgan fingerprint density at radius 3 is 1.73 bits per heavy atom. The second kappa shape index (κ2) is 11.5. The molecule has 9 rings (SSSR count). The third kappa shape index (κ3) is 4.53. The van der Waals surface area contributed by atoms with Gasteiger partial charge in [0.05, 0.1) is 0 Å². The van der Waals surface area contributed by atoms with E-state index in [0.29, 0.717) is 11.6 Å². The molecule has 0 unspecified atom stereocenters. The van der Waals surface area contributed by atoms with Gasteiger partial charge in [-0.05, 0) is 71.4 Å². The van der Waals surface area contributed by atoms with Crippen molar-refractivity contribution >= 4 is 51.2 Å². The second-order valence-corrected chi connectivity index (χ2v) is 16.2. The zero-order chi connectivity index (χ0) is 32.1. The molecule has 0 spiro atoms. The van der Waals surface area contributed by atoms with E-state index in [1.54, 1.807) is 0 Å². The average Bonchev–Trinajstić information content (AvgIpc) is 3.45. The molecule has 0 atom stereocenters. The lowest BCUT2D eigenvalue weighted by atomic mass is 9.97. The van der Waals surface area contributed by atoms with Gasteiger partial charge in [-0.1, -0.05) is 164 Å². The Balaban J connectivity index is 1.21. The van der Waals surface area contributed by atoms with Gasteiger partial charge in [0.25, 0.3) is 0 Å². The minimum absolute atomic E-state index is 0.170. The molecule has 1 aliphatic rings. The molecule has 1 aromatic heterocycles. The first-order chi connectivity index (χ1) is 23.7. The van der Waals surface area contributed by atoms with Gasteiger partial charge in [-0.3, -0.25) is 0 Å². The van der Waals surface area contributed by atoms with Crippen molar-refractivity contribution < 1.29 is 0 Å². The van der Waals surface area contributed by atoms with Crippen molar-refractivity contribution in [1.82, 2.24) is 15.0 Å². The van der Waals surface area contributed by atoms with Crippen LogP contribution in [0.5, 0.6) is 0 Å². The molecule has 7 aromatic carbocycles. The summed E-state index contributed by atoms with van der Waals surface area (Å²) in [4.78, 5) is 14.3. The Labute approximate surface area is 285 Å². The summed E-state index contributed by atoms with van der Waals surface area (Å²) >= 11 is 6.67. The number of aromatic nitrogens is 3. The van der Waals surface area contributed by atoms with Crippen LogP contribution >= 0.6 is 11.6 Å². The standard InChI is InChI=1S/C43H28ClN3Si/c44-43-46-41(31-16-11-15-30(27-31)36-23-12-14-29-13-7-8-21-35(29)36)45-42(47-43)32-25-26-38-37-22-9-10-24-39(37)48(40(38)28-32,33-17-3-1-4-18-33)34-19-5-2-6-20-34/h1-28H. The fraction of sp³-hybridized carbons (Fsp3) is 0. The molecule has 0 aliphatic carbocycles. The van der Waals surface area contributed by atoms with E-state index in [1.807, 2.05) is 6.07 Å². The van der Waals surface area contributed by atoms with E-state index in [1.165, 1.54) is 42.6 Å². The molecular weight excluding hydrogens is 622 g/mol. The molecule has 0 radical (unpaired) electrons. The summed E-state index contributed by atoms with van der Waals surface area (Å²) in [6.45, 7) is 0. The number of halogens is 1. The zero-order valence-electron chi connectivity index (χ0n) is 25.9. The zero-order valence-corrected chi connectivity index (χ0v) is 27.6. The van der Waals surface area contributed by atoms with Gasteiger partial charge in [0, 0.05) is 11.1 Å². The maximum Gasteiger partial charge on any atom is 0.226 e. The Kier molecular flexibility index (Phi) is 6.85. The van der Waals surface area contributed by atoms with Crippen molar-refractivity contribution in [2.45, 2.75) is 0 Å². The van der Waals surface area contributed by atoms with Gasteiger partial charge in [0.2, 0.25) is 5.28 Å². The average molecular weight is 650 g/mol. The summed E-state index contributed by atoms with van der Waals surface area (Å²) in [6, 6.07) is 60.7. The fourth-order valence-corrected chi connectivity index (χ4v) is 12.9. The minimum Gasteiger partial charge on any atom is -0.208 e. The third-order valence-corrected chi connectivity index (χ3v) is 14.6. The number of hydrogen-bond acceptors (Lipinski definition) is 3. The molecule has 0 N–H and O–H groups in total. The summed E-state index contributed by atoms with van der Waals surface area (Å²) in [5, 5.41) is 8.00. The molecule has 0 saturated carbocycles. The highest BCUT2D eigenvalue weighted by Gasteiger charge is 2.48. The molecule has 48 heavy (non-hydrogen) atoms. The summed E-state index contributed by atoms with van der Waals surface area (Å²) in [5.41, 5.74) is 6.61. The molecule has 3 nitrogen and oxygen atoms in total. The topological polar surface area (TPSA) is 38.7 Å². The lowest BCUT2D eigenvalue weighted by Gasteiger charge is -2.31. The molecule has 5 heteroatoms.